The molecule has 0 bridgehead atoms. The molecule has 266 valence electrons. The Bertz CT molecular complexity index is 719. The minimum absolute atomic E-state index is 0.233. The molecule has 0 unspecified atom stereocenters. The van der Waals surface area contributed by atoms with Gasteiger partial charge in [-0.05, 0) is 50.4 Å². The molecular formula is C42H76N2O2. The highest BCUT2D eigenvalue weighted by molar-refractivity contribution is 5.76. The summed E-state index contributed by atoms with van der Waals surface area (Å²) in [6.45, 7) is 6.22. The van der Waals surface area contributed by atoms with Crippen LogP contribution in [0.2, 0.25) is 0 Å². The van der Waals surface area contributed by atoms with E-state index >= 15 is 0 Å². The van der Waals surface area contributed by atoms with E-state index in [0.29, 0.717) is 12.8 Å². The molecule has 0 aliphatic rings. The van der Waals surface area contributed by atoms with Crippen molar-refractivity contribution in [3.05, 3.63) is 0 Å². The smallest absolute Gasteiger partial charge is 0.219 e. The van der Waals surface area contributed by atoms with Crippen molar-refractivity contribution in [2.24, 2.45) is 0 Å². The second-order valence-corrected chi connectivity index (χ2v) is 13.5. The van der Waals surface area contributed by atoms with Crippen molar-refractivity contribution in [1.29, 1.82) is 0 Å². The Hall–Kier alpha value is -1.94. The van der Waals surface area contributed by atoms with Crippen LogP contribution in [0.5, 0.6) is 0 Å². The maximum absolute atomic E-state index is 12.0. The van der Waals surface area contributed by atoms with Gasteiger partial charge in [-0.3, -0.25) is 9.59 Å². The van der Waals surface area contributed by atoms with Gasteiger partial charge in [-0.15, -0.1) is 0 Å². The SMILES string of the molecule is CCCCCCCCCCNC(=O)CCCCCCCCC#CC#CCCCCCCCCC(=O)NCCCCCCCCCC. The van der Waals surface area contributed by atoms with E-state index in [2.05, 4.69) is 48.2 Å². The molecule has 0 atom stereocenters. The van der Waals surface area contributed by atoms with Gasteiger partial charge in [0.15, 0.2) is 0 Å². The fourth-order valence-corrected chi connectivity index (χ4v) is 5.78. The second-order valence-electron chi connectivity index (χ2n) is 13.5. The molecule has 0 fully saturated rings. The van der Waals surface area contributed by atoms with Gasteiger partial charge in [-0.1, -0.05) is 167 Å². The van der Waals surface area contributed by atoms with Crippen LogP contribution in [0.1, 0.15) is 219 Å². The first kappa shape index (κ1) is 44.1. The van der Waals surface area contributed by atoms with Crippen LogP contribution >= 0.6 is 0 Å². The molecule has 0 aromatic heterocycles. The van der Waals surface area contributed by atoms with Gasteiger partial charge in [0, 0.05) is 38.8 Å². The topological polar surface area (TPSA) is 58.2 Å². The normalized spacial score (nSPS) is 10.6. The molecular weight excluding hydrogens is 564 g/mol. The fraction of sp³-hybridized carbons (Fsp3) is 0.857. The highest BCUT2D eigenvalue weighted by atomic mass is 16.2. The van der Waals surface area contributed by atoms with Gasteiger partial charge < -0.3 is 10.6 Å². The van der Waals surface area contributed by atoms with Crippen molar-refractivity contribution >= 4 is 11.8 Å². The van der Waals surface area contributed by atoms with E-state index in [1.54, 1.807) is 0 Å². The summed E-state index contributed by atoms with van der Waals surface area (Å²) >= 11 is 0. The van der Waals surface area contributed by atoms with Gasteiger partial charge >= 0.3 is 0 Å². The second kappa shape index (κ2) is 39.2. The predicted octanol–water partition coefficient (Wildman–Crippen LogP) is 11.7. The molecule has 4 heteroatoms. The van der Waals surface area contributed by atoms with Crippen LogP contribution in [0.3, 0.4) is 0 Å². The molecule has 0 aliphatic carbocycles. The number of unbranched alkanes of at least 4 members (excludes halogenated alkanes) is 26. The van der Waals surface area contributed by atoms with Crippen molar-refractivity contribution in [2.45, 2.75) is 219 Å². The van der Waals surface area contributed by atoms with E-state index in [4.69, 9.17) is 0 Å². The van der Waals surface area contributed by atoms with Crippen LogP contribution < -0.4 is 10.6 Å². The van der Waals surface area contributed by atoms with E-state index in [1.165, 1.54) is 128 Å². The Morgan fingerprint density at radius 1 is 0.370 bits per heavy atom. The van der Waals surface area contributed by atoms with Gasteiger partial charge in [0.1, 0.15) is 0 Å². The third-order valence-corrected chi connectivity index (χ3v) is 8.86. The van der Waals surface area contributed by atoms with Gasteiger partial charge in [-0.2, -0.15) is 0 Å². The lowest BCUT2D eigenvalue weighted by Gasteiger charge is -2.05. The number of hydrogen-bond acceptors (Lipinski definition) is 2. The molecule has 0 aromatic carbocycles. The summed E-state index contributed by atoms with van der Waals surface area (Å²) in [6.07, 6.45) is 38.1. The van der Waals surface area contributed by atoms with E-state index in [-0.39, 0.29) is 11.8 Å². The van der Waals surface area contributed by atoms with Crippen LogP contribution in [-0.2, 0) is 9.59 Å². The standard InChI is InChI=1S/C42H76N2O2/c1-3-5-7-9-11-27-31-35-39-43-41(45)37-33-29-25-23-21-19-17-15-13-14-16-18-20-22-24-26-30-34-38-42(46)44-40-36-32-28-12-10-8-6-4-2/h3-12,17-40H2,1-2H3,(H,43,45)(H,44,46). The number of nitrogens with one attached hydrogen (secondary N) is 2. The lowest BCUT2D eigenvalue weighted by atomic mass is 10.1. The summed E-state index contributed by atoms with van der Waals surface area (Å²) in [5.41, 5.74) is 0. The number of hydrogen-bond donors (Lipinski definition) is 2. The zero-order chi connectivity index (χ0) is 33.4. The van der Waals surface area contributed by atoms with E-state index in [1.807, 2.05) is 0 Å². The summed E-state index contributed by atoms with van der Waals surface area (Å²) in [6, 6.07) is 0. The first-order valence-electron chi connectivity index (χ1n) is 20.2. The van der Waals surface area contributed by atoms with Crippen LogP contribution in [0, 0.1) is 23.7 Å². The predicted molar refractivity (Wildman–Crippen MR) is 201 cm³/mol. The highest BCUT2D eigenvalue weighted by Gasteiger charge is 2.02. The third-order valence-electron chi connectivity index (χ3n) is 8.86. The highest BCUT2D eigenvalue weighted by Crippen LogP contribution is 2.11. The van der Waals surface area contributed by atoms with Crippen LogP contribution in [0.25, 0.3) is 0 Å². The molecule has 0 saturated carbocycles. The molecule has 0 spiro atoms. The van der Waals surface area contributed by atoms with Crippen LogP contribution in [0.15, 0.2) is 0 Å². The third kappa shape index (κ3) is 38.2. The first-order valence-corrected chi connectivity index (χ1v) is 20.2. The summed E-state index contributed by atoms with van der Waals surface area (Å²) in [7, 11) is 0. The zero-order valence-corrected chi connectivity index (χ0v) is 30.9. The number of amides is 2. The largest absolute Gasteiger partial charge is 0.356 e. The molecule has 0 rings (SSSR count). The molecule has 2 amide bonds. The first-order chi connectivity index (χ1) is 22.7. The van der Waals surface area contributed by atoms with E-state index in [0.717, 1.165) is 77.3 Å². The molecule has 2 N–H and O–H groups in total. The lowest BCUT2D eigenvalue weighted by Crippen LogP contribution is -2.23. The Kier molecular flexibility index (Phi) is 37.6. The summed E-state index contributed by atoms with van der Waals surface area (Å²) in [5, 5.41) is 6.18. The van der Waals surface area contributed by atoms with Gasteiger partial charge in [0.05, 0.1) is 0 Å². The molecule has 4 nitrogen and oxygen atoms in total. The minimum Gasteiger partial charge on any atom is -0.356 e. The number of carbonyl (C=O) groups is 2. The summed E-state index contributed by atoms with van der Waals surface area (Å²) in [4.78, 5) is 23.9. The lowest BCUT2D eigenvalue weighted by molar-refractivity contribution is -0.122. The molecule has 0 saturated heterocycles. The molecule has 46 heavy (non-hydrogen) atoms. The average Bonchev–Trinajstić information content (AvgIpc) is 3.05. The quantitative estimate of drug-likeness (QED) is 0.0543. The van der Waals surface area contributed by atoms with Crippen LogP contribution in [-0.4, -0.2) is 24.9 Å². The molecule has 0 aliphatic heterocycles. The average molecular weight is 641 g/mol. The maximum Gasteiger partial charge on any atom is 0.219 e. The summed E-state index contributed by atoms with van der Waals surface area (Å²) < 4.78 is 0. The Balaban J connectivity index is 3.35. The van der Waals surface area contributed by atoms with E-state index < -0.39 is 0 Å². The van der Waals surface area contributed by atoms with Crippen LogP contribution in [0.4, 0.5) is 0 Å². The number of rotatable bonds is 34. The Labute approximate surface area is 287 Å². The maximum atomic E-state index is 12.0. The molecule has 0 aromatic rings. The van der Waals surface area contributed by atoms with Gasteiger partial charge in [-0.25, -0.2) is 0 Å². The van der Waals surface area contributed by atoms with Crippen molar-refractivity contribution in [1.82, 2.24) is 10.6 Å². The van der Waals surface area contributed by atoms with Gasteiger partial charge in [0.25, 0.3) is 0 Å². The van der Waals surface area contributed by atoms with Gasteiger partial charge in [0.2, 0.25) is 11.8 Å². The summed E-state index contributed by atoms with van der Waals surface area (Å²) in [5.74, 6) is 12.9. The van der Waals surface area contributed by atoms with Crippen molar-refractivity contribution < 1.29 is 9.59 Å². The van der Waals surface area contributed by atoms with Crippen molar-refractivity contribution in [2.75, 3.05) is 13.1 Å². The monoisotopic (exact) mass is 641 g/mol. The minimum atomic E-state index is 0.233. The molecule has 0 radical (unpaired) electrons. The Morgan fingerprint density at radius 2 is 0.652 bits per heavy atom. The molecule has 0 heterocycles. The Morgan fingerprint density at radius 3 is 1.00 bits per heavy atom. The zero-order valence-electron chi connectivity index (χ0n) is 30.9. The van der Waals surface area contributed by atoms with E-state index in [9.17, 15) is 9.59 Å². The van der Waals surface area contributed by atoms with Crippen molar-refractivity contribution in [3.8, 4) is 23.7 Å². The fourth-order valence-electron chi connectivity index (χ4n) is 5.78. The number of carbonyl (C=O) groups excluding carboxylic acids is 2. The van der Waals surface area contributed by atoms with Crippen molar-refractivity contribution in [3.63, 3.8) is 0 Å².